The van der Waals surface area contributed by atoms with E-state index in [4.69, 9.17) is 9.47 Å². The largest absolute Gasteiger partial charge is 0.513 e. The minimum atomic E-state index is -0.607. The van der Waals surface area contributed by atoms with Gasteiger partial charge in [-0.15, -0.1) is 0 Å². The fourth-order valence-electron chi connectivity index (χ4n) is 2.47. The molecule has 3 heteroatoms. The van der Waals surface area contributed by atoms with Crippen molar-refractivity contribution in [1.82, 2.24) is 0 Å². The molecule has 130 valence electrons. The van der Waals surface area contributed by atoms with Crippen molar-refractivity contribution in [2.24, 2.45) is 0 Å². The van der Waals surface area contributed by atoms with E-state index in [1.54, 1.807) is 0 Å². The van der Waals surface area contributed by atoms with Crippen molar-refractivity contribution < 1.29 is 14.3 Å². The predicted molar refractivity (Wildman–Crippen MR) is 95.0 cm³/mol. The fraction of sp³-hybridized carbons (Fsp3) is 0.650. The number of rotatable bonds is 12. The summed E-state index contributed by atoms with van der Waals surface area (Å²) in [7, 11) is 0. The van der Waals surface area contributed by atoms with Gasteiger partial charge in [-0.2, -0.15) is 0 Å². The summed E-state index contributed by atoms with van der Waals surface area (Å²) in [6, 6.07) is 7.76. The summed E-state index contributed by atoms with van der Waals surface area (Å²) in [6.45, 7) is 4.79. The Bertz CT molecular complexity index is 411. The fourth-order valence-corrected chi connectivity index (χ4v) is 2.47. The first-order valence-electron chi connectivity index (χ1n) is 9.19. The molecule has 1 aromatic rings. The molecule has 0 fully saturated rings. The van der Waals surface area contributed by atoms with Crippen LogP contribution in [0.2, 0.25) is 0 Å². The van der Waals surface area contributed by atoms with Crippen LogP contribution < -0.4 is 4.74 Å². The molecule has 0 amide bonds. The monoisotopic (exact) mass is 320 g/mol. The van der Waals surface area contributed by atoms with E-state index in [0.717, 1.165) is 25.7 Å². The van der Waals surface area contributed by atoms with Crippen LogP contribution in [0.4, 0.5) is 4.79 Å². The van der Waals surface area contributed by atoms with Crippen molar-refractivity contribution in [3.8, 4) is 5.75 Å². The van der Waals surface area contributed by atoms with Crippen molar-refractivity contribution in [2.45, 2.75) is 78.1 Å². The molecule has 1 aromatic carbocycles. The third-order valence-corrected chi connectivity index (χ3v) is 3.91. The molecule has 0 aliphatic heterocycles. The first-order chi connectivity index (χ1) is 11.3. The number of carbonyl (C=O) groups excluding carboxylic acids is 1. The summed E-state index contributed by atoms with van der Waals surface area (Å²) in [4.78, 5) is 11.5. The molecule has 0 bridgehead atoms. The van der Waals surface area contributed by atoms with Crippen LogP contribution in [0.15, 0.2) is 24.3 Å². The van der Waals surface area contributed by atoms with E-state index in [-0.39, 0.29) is 0 Å². The second-order valence-corrected chi connectivity index (χ2v) is 6.07. The van der Waals surface area contributed by atoms with Crippen LogP contribution >= 0.6 is 0 Å². The first kappa shape index (κ1) is 19.5. The molecule has 0 atom stereocenters. The van der Waals surface area contributed by atoms with Crippen molar-refractivity contribution in [3.05, 3.63) is 29.8 Å². The average molecular weight is 320 g/mol. The third kappa shape index (κ3) is 9.98. The Morgan fingerprint density at radius 3 is 2.13 bits per heavy atom. The van der Waals surface area contributed by atoms with Crippen LogP contribution in [0.1, 0.15) is 77.2 Å². The molecular formula is C20H32O3. The average Bonchev–Trinajstić information content (AvgIpc) is 2.56. The maximum absolute atomic E-state index is 11.5. The highest BCUT2D eigenvalue weighted by Crippen LogP contribution is 2.15. The van der Waals surface area contributed by atoms with Crippen LogP contribution in [-0.4, -0.2) is 12.8 Å². The summed E-state index contributed by atoms with van der Waals surface area (Å²) < 4.78 is 10.2. The molecule has 0 unspecified atom stereocenters. The third-order valence-electron chi connectivity index (χ3n) is 3.91. The van der Waals surface area contributed by atoms with Gasteiger partial charge in [0.05, 0.1) is 6.61 Å². The highest BCUT2D eigenvalue weighted by Gasteiger charge is 2.05. The first-order valence-corrected chi connectivity index (χ1v) is 9.19. The van der Waals surface area contributed by atoms with E-state index >= 15 is 0 Å². The molecule has 0 aromatic heterocycles. The van der Waals surface area contributed by atoms with E-state index in [9.17, 15) is 4.79 Å². The summed E-state index contributed by atoms with van der Waals surface area (Å²) in [5, 5.41) is 0. The Balaban J connectivity index is 2.18. The molecule has 0 spiro atoms. The Morgan fingerprint density at radius 2 is 1.43 bits per heavy atom. The molecule has 0 saturated carbocycles. The van der Waals surface area contributed by atoms with Crippen LogP contribution in [0, 0.1) is 0 Å². The number of carbonyl (C=O) groups is 1. The predicted octanol–water partition coefficient (Wildman–Crippen LogP) is 6.30. The van der Waals surface area contributed by atoms with Crippen LogP contribution in [-0.2, 0) is 11.2 Å². The molecule has 0 aliphatic carbocycles. The van der Waals surface area contributed by atoms with Gasteiger partial charge in [-0.05, 0) is 37.0 Å². The molecule has 3 nitrogen and oxygen atoms in total. The zero-order valence-electron chi connectivity index (χ0n) is 14.8. The number of hydrogen-bond donors (Lipinski definition) is 0. The van der Waals surface area contributed by atoms with Crippen LogP contribution in [0.25, 0.3) is 0 Å². The van der Waals surface area contributed by atoms with Crippen molar-refractivity contribution >= 4 is 6.16 Å². The Labute approximate surface area is 141 Å². The van der Waals surface area contributed by atoms with E-state index in [2.05, 4.69) is 13.8 Å². The van der Waals surface area contributed by atoms with Gasteiger partial charge in [0, 0.05) is 0 Å². The van der Waals surface area contributed by atoms with Crippen molar-refractivity contribution in [3.63, 3.8) is 0 Å². The number of unbranched alkanes of at least 4 members (excludes halogenated alkanes) is 7. The molecule has 1 rings (SSSR count). The van der Waals surface area contributed by atoms with Gasteiger partial charge >= 0.3 is 6.16 Å². The lowest BCUT2D eigenvalue weighted by atomic mass is 10.1. The minimum Gasteiger partial charge on any atom is -0.434 e. The second kappa shape index (κ2) is 13.0. The normalized spacial score (nSPS) is 10.5. The molecule has 0 heterocycles. The van der Waals surface area contributed by atoms with E-state index in [1.807, 2.05) is 24.3 Å². The molecule has 0 saturated heterocycles. The summed E-state index contributed by atoms with van der Waals surface area (Å²) in [6.07, 6.45) is 11.4. The molecule has 0 radical (unpaired) electrons. The lowest BCUT2D eigenvalue weighted by Crippen LogP contribution is -2.11. The van der Waals surface area contributed by atoms with Gasteiger partial charge in [0.1, 0.15) is 5.75 Å². The quantitative estimate of drug-likeness (QED) is 0.258. The highest BCUT2D eigenvalue weighted by molar-refractivity contribution is 5.63. The number of aryl methyl sites for hydroxylation is 1. The number of benzene rings is 1. The van der Waals surface area contributed by atoms with Gasteiger partial charge in [-0.25, -0.2) is 4.79 Å². The molecule has 0 N–H and O–H groups in total. The van der Waals surface area contributed by atoms with Crippen LogP contribution in [0.3, 0.4) is 0 Å². The van der Waals surface area contributed by atoms with Gasteiger partial charge < -0.3 is 9.47 Å². The van der Waals surface area contributed by atoms with Gasteiger partial charge in [-0.1, -0.05) is 70.9 Å². The van der Waals surface area contributed by atoms with Gasteiger partial charge in [-0.3, -0.25) is 0 Å². The molecular weight excluding hydrogens is 288 g/mol. The lowest BCUT2D eigenvalue weighted by Gasteiger charge is -2.07. The van der Waals surface area contributed by atoms with Crippen LogP contribution in [0.5, 0.6) is 5.75 Å². The second-order valence-electron chi connectivity index (χ2n) is 6.07. The van der Waals surface area contributed by atoms with Gasteiger partial charge in [0.15, 0.2) is 0 Å². The maximum Gasteiger partial charge on any atom is 0.513 e. The van der Waals surface area contributed by atoms with E-state index < -0.39 is 6.16 Å². The SMILES string of the molecule is CCCCCCCCc1ccc(OC(=O)OCCCCC)cc1. The topological polar surface area (TPSA) is 35.5 Å². The number of ether oxygens (including phenoxy) is 2. The van der Waals surface area contributed by atoms with Gasteiger partial charge in [0.25, 0.3) is 0 Å². The Hall–Kier alpha value is -1.51. The van der Waals surface area contributed by atoms with Gasteiger partial charge in [0.2, 0.25) is 0 Å². The molecule has 23 heavy (non-hydrogen) atoms. The highest BCUT2D eigenvalue weighted by atomic mass is 16.7. The zero-order chi connectivity index (χ0) is 16.8. The van der Waals surface area contributed by atoms with E-state index in [0.29, 0.717) is 12.4 Å². The standard InChI is InChI=1S/C20H32O3/c1-3-5-7-8-9-10-12-18-13-15-19(16-14-18)23-20(21)22-17-11-6-4-2/h13-16H,3-12,17H2,1-2H3. The smallest absolute Gasteiger partial charge is 0.434 e. The summed E-state index contributed by atoms with van der Waals surface area (Å²) in [5.74, 6) is 0.553. The minimum absolute atomic E-state index is 0.433. The summed E-state index contributed by atoms with van der Waals surface area (Å²) in [5.41, 5.74) is 1.30. The van der Waals surface area contributed by atoms with Crippen molar-refractivity contribution in [1.29, 1.82) is 0 Å². The number of hydrogen-bond acceptors (Lipinski definition) is 3. The van der Waals surface area contributed by atoms with Crippen molar-refractivity contribution in [2.75, 3.05) is 6.61 Å². The Kier molecular flexibility index (Phi) is 11.0. The summed E-state index contributed by atoms with van der Waals surface area (Å²) >= 11 is 0. The lowest BCUT2D eigenvalue weighted by molar-refractivity contribution is 0.0974. The van der Waals surface area contributed by atoms with E-state index in [1.165, 1.54) is 44.1 Å². The zero-order valence-corrected chi connectivity index (χ0v) is 14.8. The maximum atomic E-state index is 11.5. The molecule has 0 aliphatic rings. The Morgan fingerprint density at radius 1 is 0.826 bits per heavy atom.